The third kappa shape index (κ3) is 5.36. The van der Waals surface area contributed by atoms with E-state index in [-0.39, 0.29) is 12.6 Å². The minimum absolute atomic E-state index is 0.263. The van der Waals surface area contributed by atoms with Gasteiger partial charge in [-0.3, -0.25) is 0 Å². The fraction of sp³-hybridized carbons (Fsp3) is 0.500. The summed E-state index contributed by atoms with van der Waals surface area (Å²) in [6, 6.07) is 3.32. The minimum atomic E-state index is -0.569. The Morgan fingerprint density at radius 2 is 2.00 bits per heavy atom. The van der Waals surface area contributed by atoms with E-state index in [0.29, 0.717) is 23.7 Å². The topological polar surface area (TPSA) is 70.6 Å². The van der Waals surface area contributed by atoms with Gasteiger partial charge in [0.15, 0.2) is 0 Å². The third-order valence-electron chi connectivity index (χ3n) is 2.82. The van der Waals surface area contributed by atoms with Gasteiger partial charge in [0.05, 0.1) is 12.7 Å². The molecule has 5 nitrogen and oxygen atoms in total. The van der Waals surface area contributed by atoms with Crippen LogP contribution in [0.5, 0.6) is 0 Å². The van der Waals surface area contributed by atoms with Crippen LogP contribution in [-0.2, 0) is 4.74 Å². The lowest BCUT2D eigenvalue weighted by molar-refractivity contribution is 0.0599. The van der Waals surface area contributed by atoms with Crippen LogP contribution in [0.15, 0.2) is 12.1 Å². The van der Waals surface area contributed by atoms with E-state index in [4.69, 9.17) is 16.3 Å². The van der Waals surface area contributed by atoms with Crippen LogP contribution in [0.1, 0.15) is 17.5 Å². The average Bonchev–Trinajstić information content (AvgIpc) is 2.36. The van der Waals surface area contributed by atoms with E-state index in [2.05, 4.69) is 10.6 Å². The van der Waals surface area contributed by atoms with E-state index in [9.17, 15) is 9.90 Å². The quantitative estimate of drug-likeness (QED) is 0.756. The van der Waals surface area contributed by atoms with Gasteiger partial charge >= 0.3 is 6.03 Å². The standard InChI is InChI=1S/C14H21ClN2O3/c1-9-6-11(7-10(2)13(9)15)17-14(19)16-5-4-12(18)8-20-3/h6-7,12,18H,4-5,8H2,1-3H3,(H2,16,17,19)/t12-/m1/s1. The molecule has 0 aromatic heterocycles. The van der Waals surface area contributed by atoms with Gasteiger partial charge in [0, 0.05) is 24.4 Å². The van der Waals surface area contributed by atoms with Crippen molar-refractivity contribution in [1.29, 1.82) is 0 Å². The fourth-order valence-corrected chi connectivity index (χ4v) is 1.93. The van der Waals surface area contributed by atoms with Crippen LogP contribution in [0.4, 0.5) is 10.5 Å². The number of hydrogen-bond donors (Lipinski definition) is 3. The number of anilines is 1. The van der Waals surface area contributed by atoms with Crippen molar-refractivity contribution in [3.8, 4) is 0 Å². The van der Waals surface area contributed by atoms with Gasteiger partial charge < -0.3 is 20.5 Å². The lowest BCUT2D eigenvalue weighted by atomic mass is 10.1. The number of aryl methyl sites for hydroxylation is 2. The molecule has 0 radical (unpaired) electrons. The molecule has 0 bridgehead atoms. The molecule has 0 spiro atoms. The molecule has 1 rings (SSSR count). The highest BCUT2D eigenvalue weighted by Gasteiger charge is 2.07. The number of amides is 2. The Hall–Kier alpha value is -1.30. The molecule has 0 fully saturated rings. The Labute approximate surface area is 124 Å². The van der Waals surface area contributed by atoms with Crippen molar-refractivity contribution in [2.75, 3.05) is 25.6 Å². The van der Waals surface area contributed by atoms with Crippen LogP contribution in [0.2, 0.25) is 5.02 Å². The molecule has 0 saturated carbocycles. The van der Waals surface area contributed by atoms with Gasteiger partial charge in [0.2, 0.25) is 0 Å². The van der Waals surface area contributed by atoms with E-state index < -0.39 is 6.10 Å². The summed E-state index contributed by atoms with van der Waals surface area (Å²) in [6.45, 7) is 4.42. The number of hydrogen-bond acceptors (Lipinski definition) is 3. The molecular weight excluding hydrogens is 280 g/mol. The van der Waals surface area contributed by atoms with E-state index in [1.807, 2.05) is 26.0 Å². The molecule has 0 aliphatic rings. The zero-order valence-electron chi connectivity index (χ0n) is 12.0. The van der Waals surface area contributed by atoms with Crippen molar-refractivity contribution in [1.82, 2.24) is 5.32 Å². The second kappa shape index (κ2) is 8.09. The molecule has 1 atom stereocenters. The van der Waals surface area contributed by atoms with E-state index in [1.165, 1.54) is 7.11 Å². The second-order valence-electron chi connectivity index (χ2n) is 4.70. The zero-order chi connectivity index (χ0) is 15.1. The number of aliphatic hydroxyl groups is 1. The first-order chi connectivity index (χ1) is 9.43. The Morgan fingerprint density at radius 1 is 1.40 bits per heavy atom. The van der Waals surface area contributed by atoms with Gasteiger partial charge in [-0.1, -0.05) is 11.6 Å². The second-order valence-corrected chi connectivity index (χ2v) is 5.08. The van der Waals surface area contributed by atoms with Crippen LogP contribution < -0.4 is 10.6 Å². The first kappa shape index (κ1) is 16.8. The van der Waals surface area contributed by atoms with Crippen molar-refractivity contribution in [3.63, 3.8) is 0 Å². The molecule has 6 heteroatoms. The SMILES string of the molecule is COC[C@H](O)CCNC(=O)Nc1cc(C)c(Cl)c(C)c1. The van der Waals surface area contributed by atoms with Crippen LogP contribution in [0, 0.1) is 13.8 Å². The Kier molecular flexibility index (Phi) is 6.78. The van der Waals surface area contributed by atoms with Gasteiger partial charge in [-0.15, -0.1) is 0 Å². The van der Waals surface area contributed by atoms with Crippen molar-refractivity contribution < 1.29 is 14.6 Å². The van der Waals surface area contributed by atoms with Gasteiger partial charge in [-0.2, -0.15) is 0 Å². The van der Waals surface area contributed by atoms with Gasteiger partial charge in [0.25, 0.3) is 0 Å². The van der Waals surface area contributed by atoms with E-state index in [1.54, 1.807) is 0 Å². The number of methoxy groups -OCH3 is 1. The molecule has 2 amide bonds. The van der Waals surface area contributed by atoms with Crippen molar-refractivity contribution >= 4 is 23.3 Å². The van der Waals surface area contributed by atoms with Crippen LogP contribution in [-0.4, -0.2) is 37.5 Å². The number of benzene rings is 1. The zero-order valence-corrected chi connectivity index (χ0v) is 12.8. The number of nitrogens with one attached hydrogen (secondary N) is 2. The smallest absolute Gasteiger partial charge is 0.319 e. The molecule has 0 heterocycles. The molecule has 3 N–H and O–H groups in total. The largest absolute Gasteiger partial charge is 0.391 e. The maximum absolute atomic E-state index is 11.7. The average molecular weight is 301 g/mol. The molecule has 20 heavy (non-hydrogen) atoms. The van der Waals surface area contributed by atoms with E-state index >= 15 is 0 Å². The molecule has 0 saturated heterocycles. The number of carbonyl (C=O) groups excluding carboxylic acids is 1. The Bertz CT molecular complexity index is 443. The summed E-state index contributed by atoms with van der Waals surface area (Å²) >= 11 is 6.07. The maximum atomic E-state index is 11.7. The summed E-state index contributed by atoms with van der Waals surface area (Å²) in [7, 11) is 1.52. The number of aliphatic hydroxyl groups excluding tert-OH is 1. The highest BCUT2D eigenvalue weighted by Crippen LogP contribution is 2.24. The maximum Gasteiger partial charge on any atom is 0.319 e. The first-order valence-electron chi connectivity index (χ1n) is 6.42. The molecular formula is C14H21ClN2O3. The summed E-state index contributed by atoms with van der Waals surface area (Å²) in [5, 5.41) is 15.6. The summed E-state index contributed by atoms with van der Waals surface area (Å²) in [6.07, 6.45) is -0.125. The molecule has 0 aliphatic carbocycles. The number of rotatable bonds is 6. The molecule has 1 aromatic rings. The number of urea groups is 1. The van der Waals surface area contributed by atoms with Gasteiger partial charge in [-0.25, -0.2) is 4.79 Å². The van der Waals surface area contributed by atoms with E-state index in [0.717, 1.165) is 11.1 Å². The Morgan fingerprint density at radius 3 is 2.55 bits per heavy atom. The number of halogens is 1. The van der Waals surface area contributed by atoms with Crippen molar-refractivity contribution in [3.05, 3.63) is 28.3 Å². The van der Waals surface area contributed by atoms with Crippen molar-refractivity contribution in [2.45, 2.75) is 26.4 Å². The third-order valence-corrected chi connectivity index (χ3v) is 3.41. The predicted molar refractivity (Wildman–Crippen MR) is 80.4 cm³/mol. The van der Waals surface area contributed by atoms with Crippen molar-refractivity contribution in [2.24, 2.45) is 0 Å². The number of ether oxygens (including phenoxy) is 1. The fourth-order valence-electron chi connectivity index (χ4n) is 1.82. The molecule has 0 aliphatic heterocycles. The minimum Gasteiger partial charge on any atom is -0.391 e. The van der Waals surface area contributed by atoms with Crippen LogP contribution in [0.25, 0.3) is 0 Å². The first-order valence-corrected chi connectivity index (χ1v) is 6.80. The Balaban J connectivity index is 2.43. The van der Waals surface area contributed by atoms with Crippen LogP contribution >= 0.6 is 11.6 Å². The van der Waals surface area contributed by atoms with Crippen LogP contribution in [0.3, 0.4) is 0 Å². The highest BCUT2D eigenvalue weighted by atomic mass is 35.5. The summed E-state index contributed by atoms with van der Waals surface area (Å²) in [4.78, 5) is 11.7. The summed E-state index contributed by atoms with van der Waals surface area (Å²) in [5.74, 6) is 0. The predicted octanol–water partition coefficient (Wildman–Crippen LogP) is 2.48. The summed E-state index contributed by atoms with van der Waals surface area (Å²) < 4.78 is 4.80. The molecule has 112 valence electrons. The lowest BCUT2D eigenvalue weighted by Crippen LogP contribution is -2.32. The molecule has 0 unspecified atom stereocenters. The lowest BCUT2D eigenvalue weighted by Gasteiger charge is -2.12. The summed E-state index contributed by atoms with van der Waals surface area (Å²) in [5.41, 5.74) is 2.52. The molecule has 1 aromatic carbocycles. The van der Waals surface area contributed by atoms with Gasteiger partial charge in [-0.05, 0) is 43.5 Å². The van der Waals surface area contributed by atoms with Gasteiger partial charge in [0.1, 0.15) is 0 Å². The number of carbonyl (C=O) groups is 1. The monoisotopic (exact) mass is 300 g/mol. The normalized spacial score (nSPS) is 12.1. The highest BCUT2D eigenvalue weighted by molar-refractivity contribution is 6.32.